The van der Waals surface area contributed by atoms with Gasteiger partial charge in [0.15, 0.2) is 17.7 Å². The third kappa shape index (κ3) is 5.09. The Bertz CT molecular complexity index is 1100. The smallest absolute Gasteiger partial charge is 0.167 e. The van der Waals surface area contributed by atoms with E-state index in [9.17, 15) is 20.1 Å². The summed E-state index contributed by atoms with van der Waals surface area (Å²) >= 11 is 0. The maximum absolute atomic E-state index is 11.1. The molecule has 0 radical (unpaired) electrons. The van der Waals surface area contributed by atoms with E-state index in [1.165, 1.54) is 17.2 Å². The number of nitrogen functional groups attached to an aromatic ring is 1. The van der Waals surface area contributed by atoms with Gasteiger partial charge in [-0.2, -0.15) is 0 Å². The number of benzene rings is 1. The lowest BCUT2D eigenvalue weighted by Gasteiger charge is -2.18. The highest BCUT2D eigenvalue weighted by Gasteiger charge is 2.47. The van der Waals surface area contributed by atoms with Gasteiger partial charge in [-0.3, -0.25) is 4.57 Å². The fourth-order valence-corrected chi connectivity index (χ4v) is 6.24. The molecule has 3 heterocycles. The number of hydrogen-bond acceptors (Lipinski definition) is 10. The SMILES string of the molecule is Nc1ncnc2c1ncn2[C@@H]1O[C@H](C[S+](CC[C@H](N)C(=O)[O-])Cc2ccccc2)[C@@H](O)[C@H]1O. The number of fused-ring (bicyclic) bond motifs is 1. The van der Waals surface area contributed by atoms with E-state index in [1.807, 2.05) is 30.3 Å². The number of ether oxygens (including phenoxy) is 1. The highest BCUT2D eigenvalue weighted by atomic mass is 32.2. The van der Waals surface area contributed by atoms with Crippen LogP contribution < -0.4 is 16.6 Å². The van der Waals surface area contributed by atoms with Crippen molar-refractivity contribution in [3.8, 4) is 0 Å². The zero-order valence-corrected chi connectivity index (χ0v) is 18.5. The number of aliphatic hydroxyl groups is 2. The zero-order chi connectivity index (χ0) is 23.5. The van der Waals surface area contributed by atoms with Crippen molar-refractivity contribution in [3.63, 3.8) is 0 Å². The third-order valence-corrected chi connectivity index (χ3v) is 7.99. The predicted molar refractivity (Wildman–Crippen MR) is 121 cm³/mol. The van der Waals surface area contributed by atoms with Crippen molar-refractivity contribution in [3.05, 3.63) is 48.5 Å². The second-order valence-corrected chi connectivity index (χ2v) is 10.2. The number of nitrogens with zero attached hydrogens (tertiary/aromatic N) is 4. The first-order valence-electron chi connectivity index (χ1n) is 10.4. The van der Waals surface area contributed by atoms with Crippen LogP contribution >= 0.6 is 0 Å². The van der Waals surface area contributed by atoms with Crippen molar-refractivity contribution < 1.29 is 24.9 Å². The number of aromatic nitrogens is 4. The number of carbonyl (C=O) groups excluding carboxylic acids is 1. The van der Waals surface area contributed by atoms with Gasteiger partial charge in [0.2, 0.25) is 0 Å². The van der Waals surface area contributed by atoms with Crippen molar-refractivity contribution >= 4 is 33.8 Å². The van der Waals surface area contributed by atoms with Crippen LogP contribution in [0.4, 0.5) is 5.82 Å². The molecule has 0 amide bonds. The summed E-state index contributed by atoms with van der Waals surface area (Å²) in [4.78, 5) is 23.3. The molecule has 1 aliphatic rings. The molecule has 0 saturated carbocycles. The normalized spacial score (nSPS) is 24.7. The van der Waals surface area contributed by atoms with Crippen molar-refractivity contribution in [2.45, 2.75) is 42.8 Å². The summed E-state index contributed by atoms with van der Waals surface area (Å²) in [6, 6.07) is 8.70. The van der Waals surface area contributed by atoms with Crippen LogP contribution in [0.1, 0.15) is 18.2 Å². The highest BCUT2D eigenvalue weighted by Crippen LogP contribution is 2.33. The van der Waals surface area contributed by atoms with E-state index in [0.717, 1.165) is 5.56 Å². The monoisotopic (exact) mass is 474 g/mol. The fourth-order valence-electron chi connectivity index (χ4n) is 3.82. The second kappa shape index (κ2) is 10.0. The minimum atomic E-state index is -1.29. The summed E-state index contributed by atoms with van der Waals surface area (Å²) < 4.78 is 7.60. The van der Waals surface area contributed by atoms with Crippen LogP contribution in [-0.2, 0) is 26.2 Å². The molecule has 3 aromatic rings. The Labute approximate surface area is 192 Å². The number of imidazole rings is 1. The van der Waals surface area contributed by atoms with Gasteiger partial charge in [-0.05, 0) is 10.9 Å². The summed E-state index contributed by atoms with van der Waals surface area (Å²) in [6.07, 6.45) is -0.951. The number of nitrogens with two attached hydrogens (primary N) is 2. The molecule has 12 heteroatoms. The van der Waals surface area contributed by atoms with Gasteiger partial charge in [0.1, 0.15) is 47.4 Å². The Kier molecular flexibility index (Phi) is 7.10. The number of carbonyl (C=O) groups is 1. The summed E-state index contributed by atoms with van der Waals surface area (Å²) in [5.41, 5.74) is 13.4. The number of anilines is 1. The minimum Gasteiger partial charge on any atom is -0.548 e. The van der Waals surface area contributed by atoms with E-state index in [4.69, 9.17) is 16.2 Å². The van der Waals surface area contributed by atoms with E-state index in [1.54, 1.807) is 0 Å². The molecule has 1 aromatic carbocycles. The van der Waals surface area contributed by atoms with Gasteiger partial charge in [0.05, 0.1) is 12.3 Å². The molecule has 6 atom stereocenters. The van der Waals surface area contributed by atoms with Crippen molar-refractivity contribution in [2.24, 2.45) is 5.73 Å². The van der Waals surface area contributed by atoms with Gasteiger partial charge in [0.25, 0.3) is 0 Å². The van der Waals surface area contributed by atoms with E-state index >= 15 is 0 Å². The summed E-state index contributed by atoms with van der Waals surface area (Å²) in [5, 5.41) is 32.5. The molecule has 1 unspecified atom stereocenters. The molecule has 11 nitrogen and oxygen atoms in total. The molecule has 0 aliphatic carbocycles. The molecule has 1 fully saturated rings. The van der Waals surface area contributed by atoms with Gasteiger partial charge >= 0.3 is 0 Å². The largest absolute Gasteiger partial charge is 0.548 e. The van der Waals surface area contributed by atoms with Crippen LogP contribution in [0.5, 0.6) is 0 Å². The van der Waals surface area contributed by atoms with Crippen LogP contribution in [0.2, 0.25) is 0 Å². The van der Waals surface area contributed by atoms with Gasteiger partial charge in [0, 0.05) is 18.0 Å². The fraction of sp³-hybridized carbons (Fsp3) is 0.429. The Balaban J connectivity index is 1.51. The summed E-state index contributed by atoms with van der Waals surface area (Å²) in [5.74, 6) is 0.532. The average Bonchev–Trinajstić information content (AvgIpc) is 3.35. The summed E-state index contributed by atoms with van der Waals surface area (Å²) in [6.45, 7) is 0. The number of rotatable bonds is 9. The maximum atomic E-state index is 11.1. The third-order valence-electron chi connectivity index (χ3n) is 5.63. The standard InChI is InChI=1S/C21H26N6O5S/c22-13(21(30)31)6-7-33(8-12-4-2-1-3-5-12)9-14-16(28)17(29)20(32-14)27-11-26-15-18(23)24-10-25-19(15)27/h1-5,10-11,13-14,16-17,20,28-29H,6-9,22H2,(H2-,23,24,25,30,31)/t13-,14+,16+,17+,20+,33?/m0/s1. The molecule has 0 spiro atoms. The molecular weight excluding hydrogens is 448 g/mol. The number of aliphatic hydroxyl groups excluding tert-OH is 2. The van der Waals surface area contributed by atoms with Gasteiger partial charge in [-0.25, -0.2) is 15.0 Å². The Morgan fingerprint density at radius 2 is 1.97 bits per heavy atom. The molecule has 176 valence electrons. The quantitative estimate of drug-likeness (QED) is 0.261. The van der Waals surface area contributed by atoms with E-state index < -0.39 is 36.6 Å². The van der Waals surface area contributed by atoms with Crippen molar-refractivity contribution in [1.29, 1.82) is 0 Å². The molecule has 1 saturated heterocycles. The molecule has 6 N–H and O–H groups in total. The minimum absolute atomic E-state index is 0.206. The van der Waals surface area contributed by atoms with Crippen molar-refractivity contribution in [2.75, 3.05) is 17.2 Å². The molecule has 0 bridgehead atoms. The topological polar surface area (TPSA) is 185 Å². The number of carboxylic acids is 1. The van der Waals surface area contributed by atoms with E-state index in [0.29, 0.717) is 28.4 Å². The zero-order valence-electron chi connectivity index (χ0n) is 17.7. The number of carboxylic acid groups (broad SMARTS) is 1. The lowest BCUT2D eigenvalue weighted by Crippen LogP contribution is -2.43. The Morgan fingerprint density at radius 1 is 1.21 bits per heavy atom. The summed E-state index contributed by atoms with van der Waals surface area (Å²) in [7, 11) is -0.368. The first-order valence-corrected chi connectivity index (χ1v) is 12.2. The van der Waals surface area contributed by atoms with Crippen LogP contribution in [0, 0.1) is 0 Å². The highest BCUT2D eigenvalue weighted by molar-refractivity contribution is 7.96. The van der Waals surface area contributed by atoms with Crippen molar-refractivity contribution in [1.82, 2.24) is 19.5 Å². The molecule has 2 aromatic heterocycles. The van der Waals surface area contributed by atoms with E-state index in [-0.39, 0.29) is 23.1 Å². The van der Waals surface area contributed by atoms with Crippen LogP contribution in [0.25, 0.3) is 11.2 Å². The van der Waals surface area contributed by atoms with E-state index in [2.05, 4.69) is 15.0 Å². The van der Waals surface area contributed by atoms with Gasteiger partial charge < -0.3 is 36.3 Å². The molecule has 1 aliphatic heterocycles. The van der Waals surface area contributed by atoms with Gasteiger partial charge in [-0.1, -0.05) is 30.3 Å². The Morgan fingerprint density at radius 3 is 2.70 bits per heavy atom. The molecule has 33 heavy (non-hydrogen) atoms. The lowest BCUT2D eigenvalue weighted by atomic mass is 10.1. The first-order chi connectivity index (χ1) is 15.8. The average molecular weight is 475 g/mol. The van der Waals surface area contributed by atoms with Crippen LogP contribution in [-0.4, -0.2) is 71.6 Å². The second-order valence-electron chi connectivity index (χ2n) is 7.96. The maximum Gasteiger partial charge on any atom is 0.167 e. The number of hydrogen-bond donors (Lipinski definition) is 4. The molecule has 4 rings (SSSR count). The van der Waals surface area contributed by atoms with Gasteiger partial charge in [-0.15, -0.1) is 0 Å². The first kappa shape index (κ1) is 23.4. The number of aliphatic carboxylic acids is 1. The Hall–Kier alpha value is -2.77. The van der Waals surface area contributed by atoms with Crippen LogP contribution in [0.3, 0.4) is 0 Å². The van der Waals surface area contributed by atoms with Crippen LogP contribution in [0.15, 0.2) is 43.0 Å². The molecular formula is C21H26N6O5S. The lowest BCUT2D eigenvalue weighted by molar-refractivity contribution is -0.307. The predicted octanol–water partition coefficient (Wildman–Crippen LogP) is -1.69.